The molecule has 0 saturated carbocycles. The van der Waals surface area contributed by atoms with Crippen molar-refractivity contribution in [2.45, 2.75) is 19.8 Å². The van der Waals surface area contributed by atoms with Crippen LogP contribution in [0.5, 0.6) is 0 Å². The molecule has 1 aromatic rings. The van der Waals surface area contributed by atoms with E-state index in [1.165, 1.54) is 0 Å². The summed E-state index contributed by atoms with van der Waals surface area (Å²) in [6.45, 7) is 2.57. The Morgan fingerprint density at radius 2 is 1.88 bits per heavy atom. The number of carbonyl (C=O) groups excluding carboxylic acids is 1. The van der Waals surface area contributed by atoms with E-state index in [0.717, 1.165) is 18.5 Å². The normalized spacial score (nSPS) is 9.94. The Bertz CT molecular complexity index is 330. The molecule has 0 heterocycles. The predicted molar refractivity (Wildman–Crippen MR) is 66.0 cm³/mol. The van der Waals surface area contributed by atoms with Gasteiger partial charge in [-0.1, -0.05) is 13.3 Å². The van der Waals surface area contributed by atoms with Crippen LogP contribution in [0.1, 0.15) is 30.1 Å². The molecule has 0 saturated heterocycles. The van der Waals surface area contributed by atoms with Gasteiger partial charge in [0.05, 0.1) is 12.2 Å². The van der Waals surface area contributed by atoms with E-state index in [4.69, 9.17) is 4.74 Å². The SMILES string of the molecule is CCCCOC(=O)c1ccc(N(C)C)cc1. The minimum Gasteiger partial charge on any atom is -0.462 e. The Kier molecular flexibility index (Phi) is 4.83. The van der Waals surface area contributed by atoms with Gasteiger partial charge in [-0.3, -0.25) is 0 Å². The Balaban J connectivity index is 2.56. The van der Waals surface area contributed by atoms with Gasteiger partial charge in [0, 0.05) is 19.8 Å². The summed E-state index contributed by atoms with van der Waals surface area (Å²) in [6, 6.07) is 7.42. The number of hydrogen-bond acceptors (Lipinski definition) is 3. The van der Waals surface area contributed by atoms with Crippen LogP contribution in [0.3, 0.4) is 0 Å². The quantitative estimate of drug-likeness (QED) is 0.565. The molecule has 3 heteroatoms. The Hall–Kier alpha value is -1.51. The van der Waals surface area contributed by atoms with Crippen molar-refractivity contribution in [1.29, 1.82) is 0 Å². The Labute approximate surface area is 97.0 Å². The van der Waals surface area contributed by atoms with Gasteiger partial charge in [0.15, 0.2) is 0 Å². The van der Waals surface area contributed by atoms with E-state index in [1.54, 1.807) is 12.1 Å². The van der Waals surface area contributed by atoms with Crippen LogP contribution < -0.4 is 4.90 Å². The third kappa shape index (κ3) is 3.57. The molecule has 0 bridgehead atoms. The second kappa shape index (κ2) is 6.16. The average molecular weight is 221 g/mol. The number of carbonyl (C=O) groups is 1. The van der Waals surface area contributed by atoms with Crippen LogP contribution >= 0.6 is 0 Å². The number of nitrogens with zero attached hydrogens (tertiary/aromatic N) is 1. The molecule has 0 aliphatic heterocycles. The first kappa shape index (κ1) is 12.6. The summed E-state index contributed by atoms with van der Waals surface area (Å²) in [4.78, 5) is 13.6. The molecular weight excluding hydrogens is 202 g/mol. The number of hydrogen-bond donors (Lipinski definition) is 0. The number of anilines is 1. The number of unbranched alkanes of at least 4 members (excludes halogenated alkanes) is 1. The molecule has 3 nitrogen and oxygen atoms in total. The maximum Gasteiger partial charge on any atom is 0.338 e. The minimum atomic E-state index is -0.237. The first-order valence-corrected chi connectivity index (χ1v) is 5.59. The van der Waals surface area contributed by atoms with Gasteiger partial charge < -0.3 is 9.64 Å². The third-order valence-electron chi connectivity index (χ3n) is 2.35. The maximum absolute atomic E-state index is 11.6. The largest absolute Gasteiger partial charge is 0.462 e. The molecule has 0 amide bonds. The predicted octanol–water partition coefficient (Wildman–Crippen LogP) is 2.71. The molecule has 0 atom stereocenters. The van der Waals surface area contributed by atoms with Gasteiger partial charge in [0.1, 0.15) is 0 Å². The molecule has 0 aromatic heterocycles. The van der Waals surface area contributed by atoms with Gasteiger partial charge in [-0.2, -0.15) is 0 Å². The lowest BCUT2D eigenvalue weighted by molar-refractivity contribution is 0.0500. The highest BCUT2D eigenvalue weighted by Crippen LogP contribution is 2.12. The van der Waals surface area contributed by atoms with E-state index in [9.17, 15) is 4.79 Å². The van der Waals surface area contributed by atoms with Crippen molar-refractivity contribution in [2.75, 3.05) is 25.6 Å². The van der Waals surface area contributed by atoms with Crippen molar-refractivity contribution in [3.05, 3.63) is 29.8 Å². The fraction of sp³-hybridized carbons (Fsp3) is 0.462. The standard InChI is InChI=1S/C13H19NO2/c1-4-5-10-16-13(15)11-6-8-12(9-7-11)14(2)3/h6-9H,4-5,10H2,1-3H3. The van der Waals surface area contributed by atoms with Gasteiger partial charge >= 0.3 is 5.97 Å². The van der Waals surface area contributed by atoms with E-state index < -0.39 is 0 Å². The van der Waals surface area contributed by atoms with Crippen molar-refractivity contribution >= 4 is 11.7 Å². The molecule has 1 aromatic carbocycles. The molecule has 1 rings (SSSR count). The molecule has 0 N–H and O–H groups in total. The van der Waals surface area contributed by atoms with E-state index in [1.807, 2.05) is 31.1 Å². The fourth-order valence-corrected chi connectivity index (χ4v) is 1.29. The summed E-state index contributed by atoms with van der Waals surface area (Å²) >= 11 is 0. The maximum atomic E-state index is 11.6. The van der Waals surface area contributed by atoms with Gasteiger partial charge in [0.25, 0.3) is 0 Å². The van der Waals surface area contributed by atoms with Crippen LogP contribution in [-0.4, -0.2) is 26.7 Å². The summed E-state index contributed by atoms with van der Waals surface area (Å²) in [5.74, 6) is -0.237. The zero-order valence-electron chi connectivity index (χ0n) is 10.2. The van der Waals surface area contributed by atoms with Crippen LogP contribution in [-0.2, 0) is 4.74 Å². The Morgan fingerprint density at radius 1 is 1.25 bits per heavy atom. The fourth-order valence-electron chi connectivity index (χ4n) is 1.29. The lowest BCUT2D eigenvalue weighted by Gasteiger charge is -2.12. The summed E-state index contributed by atoms with van der Waals surface area (Å²) in [6.07, 6.45) is 1.95. The zero-order chi connectivity index (χ0) is 12.0. The molecule has 0 aliphatic carbocycles. The number of benzene rings is 1. The molecule has 0 radical (unpaired) electrons. The number of ether oxygens (including phenoxy) is 1. The smallest absolute Gasteiger partial charge is 0.338 e. The molecule has 0 aliphatic rings. The Morgan fingerprint density at radius 3 is 2.38 bits per heavy atom. The van der Waals surface area contributed by atoms with Crippen molar-refractivity contribution in [3.8, 4) is 0 Å². The first-order valence-electron chi connectivity index (χ1n) is 5.59. The van der Waals surface area contributed by atoms with Crippen LogP contribution in [0.4, 0.5) is 5.69 Å². The zero-order valence-corrected chi connectivity index (χ0v) is 10.2. The second-order valence-corrected chi connectivity index (χ2v) is 3.93. The van der Waals surface area contributed by atoms with Crippen LogP contribution in [0, 0.1) is 0 Å². The highest BCUT2D eigenvalue weighted by Gasteiger charge is 2.06. The van der Waals surface area contributed by atoms with Crippen LogP contribution in [0.15, 0.2) is 24.3 Å². The van der Waals surface area contributed by atoms with Gasteiger partial charge in [-0.25, -0.2) is 4.79 Å². The van der Waals surface area contributed by atoms with Crippen molar-refractivity contribution in [2.24, 2.45) is 0 Å². The lowest BCUT2D eigenvalue weighted by Crippen LogP contribution is -2.10. The van der Waals surface area contributed by atoms with Gasteiger partial charge in [0.2, 0.25) is 0 Å². The second-order valence-electron chi connectivity index (χ2n) is 3.93. The topological polar surface area (TPSA) is 29.5 Å². The van der Waals surface area contributed by atoms with E-state index in [2.05, 4.69) is 6.92 Å². The monoisotopic (exact) mass is 221 g/mol. The highest BCUT2D eigenvalue weighted by molar-refractivity contribution is 5.89. The summed E-state index contributed by atoms with van der Waals surface area (Å²) in [7, 11) is 3.93. The minimum absolute atomic E-state index is 0.237. The van der Waals surface area contributed by atoms with Gasteiger partial charge in [-0.05, 0) is 30.7 Å². The molecule has 88 valence electrons. The molecular formula is C13H19NO2. The van der Waals surface area contributed by atoms with Crippen molar-refractivity contribution < 1.29 is 9.53 Å². The van der Waals surface area contributed by atoms with Crippen LogP contribution in [0.25, 0.3) is 0 Å². The highest BCUT2D eigenvalue weighted by atomic mass is 16.5. The molecule has 16 heavy (non-hydrogen) atoms. The van der Waals surface area contributed by atoms with E-state index in [-0.39, 0.29) is 5.97 Å². The van der Waals surface area contributed by atoms with Crippen molar-refractivity contribution in [1.82, 2.24) is 0 Å². The summed E-state index contributed by atoms with van der Waals surface area (Å²) in [5.41, 5.74) is 1.69. The lowest BCUT2D eigenvalue weighted by atomic mass is 10.2. The molecule has 0 unspecified atom stereocenters. The number of rotatable bonds is 5. The van der Waals surface area contributed by atoms with Crippen LogP contribution in [0.2, 0.25) is 0 Å². The average Bonchev–Trinajstić information content (AvgIpc) is 2.29. The summed E-state index contributed by atoms with van der Waals surface area (Å²) < 4.78 is 5.12. The van der Waals surface area contributed by atoms with E-state index >= 15 is 0 Å². The van der Waals surface area contributed by atoms with E-state index in [0.29, 0.717) is 12.2 Å². The molecule has 0 spiro atoms. The first-order chi connectivity index (χ1) is 7.65. The number of esters is 1. The summed E-state index contributed by atoms with van der Waals surface area (Å²) in [5, 5.41) is 0. The van der Waals surface area contributed by atoms with Crippen molar-refractivity contribution in [3.63, 3.8) is 0 Å². The molecule has 0 fully saturated rings. The van der Waals surface area contributed by atoms with Gasteiger partial charge in [-0.15, -0.1) is 0 Å². The third-order valence-corrected chi connectivity index (χ3v) is 2.35.